The highest BCUT2D eigenvalue weighted by atomic mass is 16.2. The van der Waals surface area contributed by atoms with Crippen molar-refractivity contribution >= 4 is 33.5 Å². The summed E-state index contributed by atoms with van der Waals surface area (Å²) in [5.74, 6) is 0.465. The molecule has 2 aromatic carbocycles. The first-order valence-electron chi connectivity index (χ1n) is 11.2. The summed E-state index contributed by atoms with van der Waals surface area (Å²) < 4.78 is 3.53. The molecule has 0 saturated heterocycles. The van der Waals surface area contributed by atoms with Crippen molar-refractivity contribution in [2.75, 3.05) is 6.54 Å². The lowest BCUT2D eigenvalue weighted by Gasteiger charge is -2.04. The quantitative estimate of drug-likeness (QED) is 0.390. The average Bonchev–Trinajstić information content (AvgIpc) is 3.46. The topological polar surface area (TPSA) is 123 Å². The van der Waals surface area contributed by atoms with Gasteiger partial charge in [0.15, 0.2) is 11.3 Å². The first-order chi connectivity index (χ1) is 17.2. The van der Waals surface area contributed by atoms with E-state index in [0.717, 1.165) is 17.0 Å². The number of pyridine rings is 1. The molecule has 4 aromatic heterocycles. The highest BCUT2D eigenvalue weighted by Crippen LogP contribution is 2.19. The van der Waals surface area contributed by atoms with Crippen LogP contribution in [0.15, 0.2) is 77.7 Å². The lowest BCUT2D eigenvalue weighted by Crippen LogP contribution is -2.27. The predicted molar refractivity (Wildman–Crippen MR) is 130 cm³/mol. The third-order valence-corrected chi connectivity index (χ3v) is 5.86. The summed E-state index contributed by atoms with van der Waals surface area (Å²) in [7, 11) is 0. The van der Waals surface area contributed by atoms with Crippen molar-refractivity contribution in [3.63, 3.8) is 0 Å². The Labute approximate surface area is 198 Å². The highest BCUT2D eigenvalue weighted by Gasteiger charge is 2.18. The number of aromatic nitrogens is 7. The Morgan fingerprint density at radius 1 is 0.971 bits per heavy atom. The zero-order valence-electron chi connectivity index (χ0n) is 18.5. The number of para-hydroxylation sites is 3. The fraction of sp³-hybridized carbons (Fsp3) is 0.120. The van der Waals surface area contributed by atoms with Crippen LogP contribution in [-0.2, 0) is 13.0 Å². The van der Waals surface area contributed by atoms with E-state index in [2.05, 4.69) is 30.6 Å². The number of rotatable bonds is 6. The van der Waals surface area contributed by atoms with Gasteiger partial charge in [-0.2, -0.15) is 5.10 Å². The van der Waals surface area contributed by atoms with Gasteiger partial charge < -0.3 is 10.3 Å². The highest BCUT2D eigenvalue weighted by molar-refractivity contribution is 6.04. The number of fused-ring (bicyclic) bond motifs is 3. The minimum Gasteiger partial charge on any atom is -0.350 e. The molecule has 0 aliphatic rings. The van der Waals surface area contributed by atoms with Gasteiger partial charge in [-0.15, -0.1) is 10.2 Å². The molecule has 0 radical (unpaired) electrons. The molecule has 6 rings (SSSR count). The van der Waals surface area contributed by atoms with Gasteiger partial charge >= 0.3 is 0 Å². The SMILES string of the molecule is O=C(NCCc1nnc2ccccn12)c1nn(Cc2nc3ccccc3[nH]c2=O)c2ccccc12. The average molecular weight is 464 g/mol. The number of nitrogens with one attached hydrogen (secondary N) is 2. The van der Waals surface area contributed by atoms with Crippen molar-refractivity contribution in [1.82, 2.24) is 39.7 Å². The normalized spacial score (nSPS) is 11.4. The first kappa shape index (κ1) is 20.7. The second-order valence-electron chi connectivity index (χ2n) is 8.10. The fourth-order valence-electron chi connectivity index (χ4n) is 4.17. The molecule has 35 heavy (non-hydrogen) atoms. The molecule has 0 bridgehead atoms. The number of aromatic amines is 1. The van der Waals surface area contributed by atoms with Gasteiger partial charge in [-0.3, -0.25) is 18.7 Å². The Hall–Kier alpha value is -4.86. The molecule has 172 valence electrons. The van der Waals surface area contributed by atoms with Gasteiger partial charge in [-0.1, -0.05) is 36.4 Å². The van der Waals surface area contributed by atoms with Gasteiger partial charge in [0.05, 0.1) is 23.1 Å². The van der Waals surface area contributed by atoms with Crippen molar-refractivity contribution in [2.45, 2.75) is 13.0 Å². The smallest absolute Gasteiger partial charge is 0.272 e. The van der Waals surface area contributed by atoms with Crippen molar-refractivity contribution < 1.29 is 4.79 Å². The molecule has 0 spiro atoms. The van der Waals surface area contributed by atoms with Crippen LogP contribution in [0.1, 0.15) is 22.0 Å². The maximum atomic E-state index is 13.0. The summed E-state index contributed by atoms with van der Waals surface area (Å²) in [6, 6.07) is 20.5. The molecule has 0 saturated carbocycles. The summed E-state index contributed by atoms with van der Waals surface area (Å²) in [5.41, 5.74) is 3.21. The molecular formula is C25H20N8O2. The largest absolute Gasteiger partial charge is 0.350 e. The summed E-state index contributed by atoms with van der Waals surface area (Å²) in [5, 5.41) is 16.5. The number of hydrogen-bond donors (Lipinski definition) is 2. The zero-order chi connectivity index (χ0) is 23.8. The van der Waals surface area contributed by atoms with Crippen LogP contribution in [0, 0.1) is 0 Å². The Kier molecular flexibility index (Phi) is 5.03. The molecule has 4 heterocycles. The number of carbonyl (C=O) groups is 1. The van der Waals surface area contributed by atoms with E-state index < -0.39 is 0 Å². The summed E-state index contributed by atoms with van der Waals surface area (Å²) in [4.78, 5) is 33.0. The Morgan fingerprint density at radius 2 is 1.80 bits per heavy atom. The molecule has 1 amide bonds. The molecular weight excluding hydrogens is 444 g/mol. The van der Waals surface area contributed by atoms with E-state index in [1.165, 1.54) is 0 Å². The van der Waals surface area contributed by atoms with Gasteiger partial charge in [0.1, 0.15) is 11.5 Å². The minimum atomic E-state index is -0.297. The lowest BCUT2D eigenvalue weighted by molar-refractivity contribution is 0.0949. The Bertz CT molecular complexity index is 1760. The number of hydrogen-bond acceptors (Lipinski definition) is 6. The van der Waals surface area contributed by atoms with E-state index >= 15 is 0 Å². The summed E-state index contributed by atoms with van der Waals surface area (Å²) in [6.45, 7) is 0.515. The van der Waals surface area contributed by atoms with E-state index in [0.29, 0.717) is 40.8 Å². The van der Waals surface area contributed by atoms with Gasteiger partial charge in [0.2, 0.25) is 0 Å². The third kappa shape index (κ3) is 3.80. The summed E-state index contributed by atoms with van der Waals surface area (Å²) >= 11 is 0. The van der Waals surface area contributed by atoms with Gasteiger partial charge in [-0.25, -0.2) is 4.98 Å². The van der Waals surface area contributed by atoms with Crippen LogP contribution < -0.4 is 10.9 Å². The third-order valence-electron chi connectivity index (χ3n) is 5.86. The second-order valence-corrected chi connectivity index (χ2v) is 8.10. The fourth-order valence-corrected chi connectivity index (χ4v) is 4.17. The predicted octanol–water partition coefficient (Wildman–Crippen LogP) is 2.34. The monoisotopic (exact) mass is 464 g/mol. The van der Waals surface area contributed by atoms with Crippen molar-refractivity contribution in [3.05, 3.63) is 100 Å². The van der Waals surface area contributed by atoms with Gasteiger partial charge in [0, 0.05) is 24.5 Å². The van der Waals surface area contributed by atoms with E-state index in [1.807, 2.05) is 77.3 Å². The minimum absolute atomic E-state index is 0.139. The number of benzene rings is 2. The maximum absolute atomic E-state index is 13.0. The molecule has 6 aromatic rings. The number of nitrogens with zero attached hydrogens (tertiary/aromatic N) is 6. The molecule has 10 heteroatoms. The van der Waals surface area contributed by atoms with Crippen LogP contribution in [0.5, 0.6) is 0 Å². The Balaban J connectivity index is 1.25. The van der Waals surface area contributed by atoms with Crippen LogP contribution in [0.25, 0.3) is 27.6 Å². The standard InChI is InChI=1S/C25H20N8O2/c34-24-19(27-17-8-2-3-9-18(17)28-24)15-33-20-10-4-1-7-16(20)23(31-33)25(35)26-13-12-22-30-29-21-11-5-6-14-32(21)22/h1-11,14H,12-13,15H2,(H,26,35)(H,28,34). The van der Waals surface area contributed by atoms with Crippen LogP contribution in [0.2, 0.25) is 0 Å². The van der Waals surface area contributed by atoms with Crippen molar-refractivity contribution in [2.24, 2.45) is 0 Å². The van der Waals surface area contributed by atoms with E-state index in [-0.39, 0.29) is 18.0 Å². The van der Waals surface area contributed by atoms with Crippen LogP contribution in [0.4, 0.5) is 0 Å². The Morgan fingerprint density at radius 3 is 2.74 bits per heavy atom. The maximum Gasteiger partial charge on any atom is 0.272 e. The van der Waals surface area contributed by atoms with Gasteiger partial charge in [-0.05, 0) is 30.3 Å². The summed E-state index contributed by atoms with van der Waals surface area (Å²) in [6.07, 6.45) is 2.41. The van der Waals surface area contributed by atoms with E-state index in [1.54, 1.807) is 4.68 Å². The number of amides is 1. The van der Waals surface area contributed by atoms with Crippen LogP contribution in [0.3, 0.4) is 0 Å². The molecule has 0 aliphatic heterocycles. The van der Waals surface area contributed by atoms with Crippen molar-refractivity contribution in [3.8, 4) is 0 Å². The number of carbonyl (C=O) groups excluding carboxylic acids is 1. The van der Waals surface area contributed by atoms with E-state index in [4.69, 9.17) is 0 Å². The molecule has 2 N–H and O–H groups in total. The molecule has 10 nitrogen and oxygen atoms in total. The molecule has 0 fully saturated rings. The van der Waals surface area contributed by atoms with Crippen LogP contribution in [-0.4, -0.2) is 46.8 Å². The molecule has 0 unspecified atom stereocenters. The van der Waals surface area contributed by atoms with E-state index in [9.17, 15) is 9.59 Å². The molecule has 0 aliphatic carbocycles. The van der Waals surface area contributed by atoms with Crippen LogP contribution >= 0.6 is 0 Å². The number of H-pyrrole nitrogens is 1. The lowest BCUT2D eigenvalue weighted by atomic mass is 10.2. The second kappa shape index (κ2) is 8.49. The first-order valence-corrected chi connectivity index (χ1v) is 11.2. The zero-order valence-corrected chi connectivity index (χ0v) is 18.5. The van der Waals surface area contributed by atoms with Gasteiger partial charge in [0.25, 0.3) is 11.5 Å². The van der Waals surface area contributed by atoms with Crippen molar-refractivity contribution in [1.29, 1.82) is 0 Å². The molecule has 0 atom stereocenters.